The van der Waals surface area contributed by atoms with Gasteiger partial charge in [-0.15, -0.1) is 0 Å². The van der Waals surface area contributed by atoms with Crippen molar-refractivity contribution in [2.75, 3.05) is 12.3 Å². The topological polar surface area (TPSA) is 72.2 Å². The Morgan fingerprint density at radius 3 is 2.67 bits per heavy atom. The summed E-state index contributed by atoms with van der Waals surface area (Å²) in [7, 11) is -3.58. The van der Waals surface area contributed by atoms with Crippen LogP contribution in [0.25, 0.3) is 0 Å². The molecule has 0 aromatic heterocycles. The lowest BCUT2D eigenvalue weighted by atomic mass is 10.1. The Morgan fingerprint density at radius 1 is 1.50 bits per heavy atom. The predicted molar refractivity (Wildman–Crippen MR) is 72.9 cm³/mol. The molecule has 0 saturated heterocycles. The summed E-state index contributed by atoms with van der Waals surface area (Å²) in [5, 5.41) is 0.358. The van der Waals surface area contributed by atoms with Crippen LogP contribution in [0.15, 0.2) is 23.1 Å². The number of halogens is 1. The van der Waals surface area contributed by atoms with E-state index in [1.165, 1.54) is 12.1 Å². The molecule has 4 nitrogen and oxygen atoms in total. The van der Waals surface area contributed by atoms with E-state index in [2.05, 4.69) is 18.6 Å². The number of rotatable bonds is 4. The molecular weight excluding hydrogens is 272 g/mol. The third-order valence-corrected chi connectivity index (χ3v) is 5.22. The molecule has 1 fully saturated rings. The zero-order valence-corrected chi connectivity index (χ0v) is 12.0. The van der Waals surface area contributed by atoms with Crippen LogP contribution in [0.2, 0.25) is 5.02 Å². The minimum absolute atomic E-state index is 0.0495. The van der Waals surface area contributed by atoms with Crippen molar-refractivity contribution in [1.82, 2.24) is 4.72 Å². The molecule has 0 amide bonds. The van der Waals surface area contributed by atoms with Crippen molar-refractivity contribution in [2.24, 2.45) is 11.3 Å². The lowest BCUT2D eigenvalue weighted by Gasteiger charge is -2.10. The van der Waals surface area contributed by atoms with Crippen molar-refractivity contribution in [3.63, 3.8) is 0 Å². The van der Waals surface area contributed by atoms with E-state index in [9.17, 15) is 8.42 Å². The molecule has 1 atom stereocenters. The fourth-order valence-electron chi connectivity index (χ4n) is 1.95. The summed E-state index contributed by atoms with van der Waals surface area (Å²) >= 11 is 5.80. The largest absolute Gasteiger partial charge is 0.398 e. The molecule has 1 aliphatic rings. The van der Waals surface area contributed by atoms with E-state index in [0.717, 1.165) is 6.42 Å². The molecule has 3 N–H and O–H groups in total. The van der Waals surface area contributed by atoms with Gasteiger partial charge >= 0.3 is 0 Å². The van der Waals surface area contributed by atoms with E-state index in [-0.39, 0.29) is 16.0 Å². The summed E-state index contributed by atoms with van der Waals surface area (Å²) < 4.78 is 26.8. The molecule has 100 valence electrons. The molecule has 1 aromatic rings. The number of hydrogen-bond acceptors (Lipinski definition) is 3. The van der Waals surface area contributed by atoms with Gasteiger partial charge < -0.3 is 5.73 Å². The monoisotopic (exact) mass is 288 g/mol. The van der Waals surface area contributed by atoms with Gasteiger partial charge in [0.15, 0.2) is 0 Å². The van der Waals surface area contributed by atoms with Crippen LogP contribution in [0.1, 0.15) is 20.3 Å². The summed E-state index contributed by atoms with van der Waals surface area (Å²) in [5.74, 6) is 0.396. The fourth-order valence-corrected chi connectivity index (χ4v) is 3.43. The summed E-state index contributed by atoms with van der Waals surface area (Å²) in [6.45, 7) is 4.70. The van der Waals surface area contributed by atoms with Crippen LogP contribution < -0.4 is 10.5 Å². The predicted octanol–water partition coefficient (Wildman–Crippen LogP) is 2.25. The average molecular weight is 289 g/mol. The van der Waals surface area contributed by atoms with E-state index < -0.39 is 10.0 Å². The van der Waals surface area contributed by atoms with Crippen molar-refractivity contribution in [3.05, 3.63) is 23.2 Å². The van der Waals surface area contributed by atoms with Crippen LogP contribution in [-0.4, -0.2) is 15.0 Å². The van der Waals surface area contributed by atoms with Gasteiger partial charge in [-0.25, -0.2) is 13.1 Å². The number of nitrogens with one attached hydrogen (secondary N) is 1. The first-order valence-corrected chi connectivity index (χ1v) is 7.63. The normalized spacial score (nSPS) is 21.8. The summed E-state index contributed by atoms with van der Waals surface area (Å²) in [5.41, 5.74) is 6.12. The molecule has 18 heavy (non-hydrogen) atoms. The standard InChI is InChI=1S/C12H17ClN2O2S/c1-12(2)6-8(12)7-15-18(16,17)11-5-9(13)3-4-10(11)14/h3-5,8,15H,6-7,14H2,1-2H3. The van der Waals surface area contributed by atoms with Gasteiger partial charge in [0, 0.05) is 11.6 Å². The molecule has 0 bridgehead atoms. The Kier molecular flexibility index (Phi) is 3.34. The van der Waals surface area contributed by atoms with E-state index in [0.29, 0.717) is 17.5 Å². The van der Waals surface area contributed by atoms with Gasteiger partial charge in [-0.05, 0) is 36.0 Å². The number of nitrogens with two attached hydrogens (primary N) is 1. The number of benzene rings is 1. The quantitative estimate of drug-likeness (QED) is 0.835. The molecule has 1 unspecified atom stereocenters. The molecule has 1 saturated carbocycles. The van der Waals surface area contributed by atoms with Gasteiger partial charge in [0.25, 0.3) is 0 Å². The van der Waals surface area contributed by atoms with Gasteiger partial charge in [-0.2, -0.15) is 0 Å². The van der Waals surface area contributed by atoms with Crippen LogP contribution >= 0.6 is 11.6 Å². The number of sulfonamides is 1. The lowest BCUT2D eigenvalue weighted by molar-refractivity contribution is 0.538. The molecule has 1 aromatic carbocycles. The van der Waals surface area contributed by atoms with Gasteiger partial charge in [-0.3, -0.25) is 0 Å². The highest BCUT2D eigenvalue weighted by molar-refractivity contribution is 7.89. The summed E-state index contributed by atoms with van der Waals surface area (Å²) in [4.78, 5) is 0.0495. The minimum Gasteiger partial charge on any atom is -0.398 e. The maximum absolute atomic E-state index is 12.1. The molecule has 0 heterocycles. The Labute approximate surface area is 113 Å². The van der Waals surface area contributed by atoms with Crippen LogP contribution in [0, 0.1) is 11.3 Å². The van der Waals surface area contributed by atoms with Gasteiger partial charge in [0.1, 0.15) is 4.90 Å². The van der Waals surface area contributed by atoms with Crippen molar-refractivity contribution < 1.29 is 8.42 Å². The number of hydrogen-bond donors (Lipinski definition) is 2. The second kappa shape index (κ2) is 4.40. The molecule has 2 rings (SSSR count). The highest BCUT2D eigenvalue weighted by Crippen LogP contribution is 2.51. The Bertz CT molecular complexity index is 569. The highest BCUT2D eigenvalue weighted by Gasteiger charge is 2.45. The molecular formula is C12H17ClN2O2S. The van der Waals surface area contributed by atoms with Gasteiger partial charge in [-0.1, -0.05) is 25.4 Å². The van der Waals surface area contributed by atoms with Gasteiger partial charge in [0.05, 0.1) is 5.69 Å². The second-order valence-electron chi connectivity index (χ2n) is 5.42. The SMILES string of the molecule is CC1(C)CC1CNS(=O)(=O)c1cc(Cl)ccc1N. The molecule has 0 aliphatic heterocycles. The Morgan fingerprint density at radius 2 is 2.11 bits per heavy atom. The zero-order chi connectivity index (χ0) is 13.6. The second-order valence-corrected chi connectivity index (χ2v) is 7.60. The summed E-state index contributed by atoms with van der Waals surface area (Å²) in [6.07, 6.45) is 1.04. The summed E-state index contributed by atoms with van der Waals surface area (Å²) in [6, 6.07) is 4.44. The maximum atomic E-state index is 12.1. The molecule has 0 radical (unpaired) electrons. The third-order valence-electron chi connectivity index (χ3n) is 3.50. The maximum Gasteiger partial charge on any atom is 0.242 e. The smallest absolute Gasteiger partial charge is 0.242 e. The van der Waals surface area contributed by atoms with Gasteiger partial charge in [0.2, 0.25) is 10.0 Å². The Balaban J connectivity index is 2.13. The zero-order valence-electron chi connectivity index (χ0n) is 10.4. The van der Waals surface area contributed by atoms with Crippen LogP contribution in [-0.2, 0) is 10.0 Å². The van der Waals surface area contributed by atoms with Crippen molar-refractivity contribution in [3.8, 4) is 0 Å². The number of nitrogen functional groups attached to an aromatic ring is 1. The average Bonchev–Trinajstić information content (AvgIpc) is 2.87. The third kappa shape index (κ3) is 2.79. The van der Waals surface area contributed by atoms with Crippen molar-refractivity contribution >= 4 is 27.3 Å². The Hall–Kier alpha value is -0.780. The minimum atomic E-state index is -3.58. The molecule has 1 aliphatic carbocycles. The van der Waals surface area contributed by atoms with Crippen LogP contribution in [0.5, 0.6) is 0 Å². The first-order valence-electron chi connectivity index (χ1n) is 5.77. The van der Waals surface area contributed by atoms with Crippen LogP contribution in [0.3, 0.4) is 0 Å². The van der Waals surface area contributed by atoms with Crippen molar-refractivity contribution in [2.45, 2.75) is 25.2 Å². The van der Waals surface area contributed by atoms with Crippen molar-refractivity contribution in [1.29, 1.82) is 0 Å². The highest BCUT2D eigenvalue weighted by atomic mass is 35.5. The van der Waals surface area contributed by atoms with E-state index >= 15 is 0 Å². The lowest BCUT2D eigenvalue weighted by Crippen LogP contribution is -2.27. The van der Waals surface area contributed by atoms with Crippen LogP contribution in [0.4, 0.5) is 5.69 Å². The molecule has 0 spiro atoms. The fraction of sp³-hybridized carbons (Fsp3) is 0.500. The van der Waals surface area contributed by atoms with E-state index in [1.54, 1.807) is 6.07 Å². The first kappa shape index (κ1) is 13.6. The first-order chi connectivity index (χ1) is 8.22. The van der Waals surface area contributed by atoms with E-state index in [1.807, 2.05) is 0 Å². The van der Waals surface area contributed by atoms with E-state index in [4.69, 9.17) is 17.3 Å². The molecule has 6 heteroatoms. The number of anilines is 1.